The van der Waals surface area contributed by atoms with Crippen molar-refractivity contribution < 1.29 is 14.6 Å². The van der Waals surface area contributed by atoms with Gasteiger partial charge in [-0.05, 0) is 37.6 Å². The predicted octanol–water partition coefficient (Wildman–Crippen LogP) is 2.69. The number of rotatable bonds is 5. The Hall–Kier alpha value is -3.08. The number of hydrogen-bond acceptors (Lipinski definition) is 6. The highest BCUT2D eigenvalue weighted by Gasteiger charge is 2.24. The minimum Gasteiger partial charge on any atom is -0.483 e. The molecule has 0 atom stereocenters. The van der Waals surface area contributed by atoms with Crippen molar-refractivity contribution >= 4 is 22.7 Å². The number of H-pyrrole nitrogens is 1. The Morgan fingerprint density at radius 1 is 1.37 bits per heavy atom. The van der Waals surface area contributed by atoms with E-state index in [1.165, 1.54) is 0 Å². The Balaban J connectivity index is 1.66. The first-order valence-electron chi connectivity index (χ1n) is 8.63. The fourth-order valence-electron chi connectivity index (χ4n) is 2.74. The number of anilines is 2. The third-order valence-corrected chi connectivity index (χ3v) is 4.36. The molecule has 3 aromatic rings. The van der Waals surface area contributed by atoms with Gasteiger partial charge in [-0.15, -0.1) is 6.42 Å². The van der Waals surface area contributed by atoms with Gasteiger partial charge in [0.15, 0.2) is 0 Å². The van der Waals surface area contributed by atoms with Gasteiger partial charge in [-0.3, -0.25) is 0 Å². The van der Waals surface area contributed by atoms with Crippen LogP contribution in [-0.4, -0.2) is 39.4 Å². The average molecular weight is 364 g/mol. The largest absolute Gasteiger partial charge is 0.483 e. The maximum absolute atomic E-state index is 10.3. The Kier molecular flexibility index (Phi) is 4.22. The first-order chi connectivity index (χ1) is 12.9. The zero-order valence-electron chi connectivity index (χ0n) is 15.1. The molecule has 1 fully saturated rings. The number of aromatic amines is 1. The van der Waals surface area contributed by atoms with Crippen molar-refractivity contribution in [2.45, 2.75) is 25.6 Å². The summed E-state index contributed by atoms with van der Waals surface area (Å²) in [4.78, 5) is 11.9. The molecule has 0 spiro atoms. The fraction of sp³-hybridized carbons (Fsp3) is 0.300. The predicted molar refractivity (Wildman–Crippen MR) is 102 cm³/mol. The van der Waals surface area contributed by atoms with E-state index in [1.807, 2.05) is 24.3 Å². The van der Waals surface area contributed by atoms with Crippen LogP contribution < -0.4 is 10.1 Å². The molecule has 4 rings (SSSR count). The SMILES string of the molecule is C#Cc1cc2cnc(Nc3ccc(C(C)(C)O)cc3OC3COC3)nc2[nH]1. The molecular formula is C20H20N4O3. The number of hydrogen-bond donors (Lipinski definition) is 3. The van der Waals surface area contributed by atoms with Gasteiger partial charge in [0.2, 0.25) is 5.95 Å². The maximum atomic E-state index is 10.3. The second-order valence-corrected chi connectivity index (χ2v) is 7.00. The lowest BCUT2D eigenvalue weighted by molar-refractivity contribution is -0.0795. The number of aromatic nitrogens is 3. The number of terminal acetylenes is 1. The molecule has 0 radical (unpaired) electrons. The first kappa shape index (κ1) is 17.3. The fourth-order valence-corrected chi connectivity index (χ4v) is 2.74. The van der Waals surface area contributed by atoms with Crippen LogP contribution in [-0.2, 0) is 10.3 Å². The van der Waals surface area contributed by atoms with Crippen molar-refractivity contribution in [3.8, 4) is 18.1 Å². The molecule has 3 heterocycles. The van der Waals surface area contributed by atoms with Crippen LogP contribution >= 0.6 is 0 Å². The quantitative estimate of drug-likeness (QED) is 0.603. The summed E-state index contributed by atoms with van der Waals surface area (Å²) in [5.74, 6) is 3.58. The van der Waals surface area contributed by atoms with Gasteiger partial charge in [0, 0.05) is 11.6 Å². The summed E-state index contributed by atoms with van der Waals surface area (Å²) in [5, 5.41) is 14.3. The molecule has 0 bridgehead atoms. The van der Waals surface area contributed by atoms with Crippen molar-refractivity contribution in [3.05, 3.63) is 41.7 Å². The topological polar surface area (TPSA) is 92.3 Å². The summed E-state index contributed by atoms with van der Waals surface area (Å²) < 4.78 is 11.2. The average Bonchev–Trinajstić information content (AvgIpc) is 3.00. The molecule has 0 unspecified atom stereocenters. The molecule has 2 aromatic heterocycles. The van der Waals surface area contributed by atoms with Gasteiger partial charge in [0.1, 0.15) is 17.5 Å². The van der Waals surface area contributed by atoms with Gasteiger partial charge < -0.3 is 24.9 Å². The van der Waals surface area contributed by atoms with Crippen molar-refractivity contribution in [1.29, 1.82) is 0 Å². The van der Waals surface area contributed by atoms with Gasteiger partial charge in [-0.25, -0.2) is 4.98 Å². The molecule has 7 nitrogen and oxygen atoms in total. The van der Waals surface area contributed by atoms with E-state index in [4.69, 9.17) is 15.9 Å². The highest BCUT2D eigenvalue weighted by atomic mass is 16.6. The first-order valence-corrected chi connectivity index (χ1v) is 8.63. The molecule has 0 amide bonds. The number of nitrogens with one attached hydrogen (secondary N) is 2. The smallest absolute Gasteiger partial charge is 0.229 e. The molecule has 7 heteroatoms. The van der Waals surface area contributed by atoms with Gasteiger partial charge in [-0.2, -0.15) is 4.98 Å². The van der Waals surface area contributed by atoms with E-state index in [0.29, 0.717) is 41.9 Å². The third-order valence-electron chi connectivity index (χ3n) is 4.36. The Labute approximate surface area is 156 Å². The Morgan fingerprint density at radius 3 is 2.85 bits per heavy atom. The minimum absolute atomic E-state index is 0.00685. The van der Waals surface area contributed by atoms with Crippen LogP contribution in [0, 0.1) is 12.3 Å². The summed E-state index contributed by atoms with van der Waals surface area (Å²) in [6.45, 7) is 4.56. The Morgan fingerprint density at radius 2 is 2.19 bits per heavy atom. The molecule has 1 aliphatic rings. The molecule has 27 heavy (non-hydrogen) atoms. The zero-order chi connectivity index (χ0) is 19.0. The Bertz CT molecular complexity index is 1030. The van der Waals surface area contributed by atoms with E-state index in [9.17, 15) is 5.11 Å². The molecule has 0 aliphatic carbocycles. The molecule has 1 aromatic carbocycles. The minimum atomic E-state index is -0.974. The lowest BCUT2D eigenvalue weighted by Crippen LogP contribution is -2.38. The van der Waals surface area contributed by atoms with E-state index >= 15 is 0 Å². The molecule has 3 N–H and O–H groups in total. The number of ether oxygens (including phenoxy) is 2. The van der Waals surface area contributed by atoms with Crippen molar-refractivity contribution in [3.63, 3.8) is 0 Å². The van der Waals surface area contributed by atoms with Crippen LogP contribution in [0.4, 0.5) is 11.6 Å². The van der Waals surface area contributed by atoms with Crippen LogP contribution in [0.3, 0.4) is 0 Å². The van der Waals surface area contributed by atoms with Crippen molar-refractivity contribution in [2.24, 2.45) is 0 Å². The summed E-state index contributed by atoms with van der Waals surface area (Å²) in [7, 11) is 0. The number of nitrogens with zero attached hydrogens (tertiary/aromatic N) is 2. The van der Waals surface area contributed by atoms with Crippen molar-refractivity contribution in [2.75, 3.05) is 18.5 Å². The summed E-state index contributed by atoms with van der Waals surface area (Å²) >= 11 is 0. The van der Waals surface area contributed by atoms with E-state index in [0.717, 1.165) is 10.9 Å². The normalized spacial score (nSPS) is 14.6. The van der Waals surface area contributed by atoms with E-state index in [-0.39, 0.29) is 6.10 Å². The third kappa shape index (κ3) is 3.58. The number of aliphatic hydroxyl groups is 1. The van der Waals surface area contributed by atoms with Crippen LogP contribution in [0.2, 0.25) is 0 Å². The van der Waals surface area contributed by atoms with Crippen LogP contribution in [0.1, 0.15) is 25.1 Å². The highest BCUT2D eigenvalue weighted by molar-refractivity contribution is 5.78. The standard InChI is InChI=1S/C20H20N4O3/c1-4-14-7-12-9-21-19(24-18(12)22-14)23-16-6-5-13(20(2,3)25)8-17(16)27-15-10-26-11-15/h1,5-9,15,25H,10-11H2,2-3H3,(H2,21,22,23,24). The summed E-state index contributed by atoms with van der Waals surface area (Å²) in [5.41, 5.74) is 1.79. The van der Waals surface area contributed by atoms with Gasteiger partial charge >= 0.3 is 0 Å². The lowest BCUT2D eigenvalue weighted by Gasteiger charge is -2.29. The van der Waals surface area contributed by atoms with Gasteiger partial charge in [-0.1, -0.05) is 12.0 Å². The molecule has 1 saturated heterocycles. The van der Waals surface area contributed by atoms with Crippen LogP contribution in [0.25, 0.3) is 11.0 Å². The second-order valence-electron chi connectivity index (χ2n) is 7.00. The van der Waals surface area contributed by atoms with E-state index < -0.39 is 5.60 Å². The van der Waals surface area contributed by atoms with Gasteiger partial charge in [0.25, 0.3) is 0 Å². The van der Waals surface area contributed by atoms with Crippen molar-refractivity contribution in [1.82, 2.24) is 15.0 Å². The van der Waals surface area contributed by atoms with Crippen LogP contribution in [0.5, 0.6) is 5.75 Å². The van der Waals surface area contributed by atoms with E-state index in [2.05, 4.69) is 26.2 Å². The molecule has 0 saturated carbocycles. The second kappa shape index (κ2) is 6.58. The van der Waals surface area contributed by atoms with E-state index in [1.54, 1.807) is 20.0 Å². The molecular weight excluding hydrogens is 344 g/mol. The molecule has 138 valence electrons. The number of benzene rings is 1. The maximum Gasteiger partial charge on any atom is 0.229 e. The zero-order valence-corrected chi connectivity index (χ0v) is 15.1. The molecule has 1 aliphatic heterocycles. The lowest BCUT2D eigenvalue weighted by atomic mass is 9.98. The van der Waals surface area contributed by atoms with Gasteiger partial charge in [0.05, 0.1) is 30.2 Å². The van der Waals surface area contributed by atoms with Crippen LogP contribution in [0.15, 0.2) is 30.5 Å². The summed E-state index contributed by atoms with van der Waals surface area (Å²) in [6.07, 6.45) is 7.11. The highest BCUT2D eigenvalue weighted by Crippen LogP contribution is 2.33. The number of fused-ring (bicyclic) bond motifs is 1. The monoisotopic (exact) mass is 364 g/mol. The summed E-state index contributed by atoms with van der Waals surface area (Å²) in [6, 6.07) is 7.33.